The minimum atomic E-state index is 0.954. The van der Waals surface area contributed by atoms with Crippen molar-refractivity contribution in [1.82, 2.24) is 4.34 Å². The quantitative estimate of drug-likeness (QED) is 0.323. The Kier molecular flexibility index (Phi) is 2.50. The van der Waals surface area contributed by atoms with Crippen molar-refractivity contribution >= 4 is 53.1 Å². The monoisotopic (exact) mass is 317 g/mol. The largest absolute Gasteiger partial charge is 0.456 e. The van der Waals surface area contributed by atoms with E-state index in [9.17, 15) is 0 Å². The van der Waals surface area contributed by atoms with Gasteiger partial charge in [0.05, 0.1) is 11.0 Å². The molecule has 3 aromatic carbocycles. The summed E-state index contributed by atoms with van der Waals surface area (Å²) in [6, 6.07) is 17.3. The fourth-order valence-electron chi connectivity index (χ4n) is 3.64. The molecule has 3 heteroatoms. The summed E-state index contributed by atoms with van der Waals surface area (Å²) in [6.07, 6.45) is 0. The molecule has 2 aromatic heterocycles. The molecule has 0 fully saturated rings. The highest BCUT2D eigenvalue weighted by atomic mass is 31.0. The highest BCUT2D eigenvalue weighted by molar-refractivity contribution is 7.15. The molecule has 112 valence electrons. The maximum absolute atomic E-state index is 6.09. The number of nitrogens with zero attached hydrogens (tertiary/aromatic N) is 1. The number of furan rings is 1. The van der Waals surface area contributed by atoms with Gasteiger partial charge in [-0.3, -0.25) is 0 Å². The maximum atomic E-state index is 6.09. The average molecular weight is 317 g/mol. The van der Waals surface area contributed by atoms with E-state index >= 15 is 0 Å². The summed E-state index contributed by atoms with van der Waals surface area (Å²) >= 11 is 0. The SMILES string of the molecule is Cc1ccc2oc3ccc4c(c5cc(C)ccc5n4P)c3c2c1. The van der Waals surface area contributed by atoms with Crippen LogP contribution >= 0.6 is 9.39 Å². The van der Waals surface area contributed by atoms with Gasteiger partial charge in [0.2, 0.25) is 0 Å². The summed E-state index contributed by atoms with van der Waals surface area (Å²) < 4.78 is 8.28. The van der Waals surface area contributed by atoms with Crippen molar-refractivity contribution in [2.45, 2.75) is 13.8 Å². The predicted molar refractivity (Wildman–Crippen MR) is 101 cm³/mol. The zero-order valence-corrected chi connectivity index (χ0v) is 14.2. The predicted octanol–water partition coefficient (Wildman–Crippen LogP) is 5.95. The van der Waals surface area contributed by atoms with Crippen LogP contribution < -0.4 is 0 Å². The van der Waals surface area contributed by atoms with Crippen LogP contribution in [0.15, 0.2) is 52.9 Å². The molecular weight excluding hydrogens is 301 g/mol. The fourth-order valence-corrected chi connectivity index (χ4v) is 4.08. The van der Waals surface area contributed by atoms with Crippen LogP contribution in [0, 0.1) is 13.8 Å². The van der Waals surface area contributed by atoms with E-state index in [0.717, 1.165) is 11.2 Å². The van der Waals surface area contributed by atoms with Crippen LogP contribution in [0.1, 0.15) is 11.1 Å². The number of rotatable bonds is 0. The Hall–Kier alpha value is -2.31. The van der Waals surface area contributed by atoms with Crippen LogP contribution in [0.4, 0.5) is 0 Å². The molecule has 0 aliphatic rings. The van der Waals surface area contributed by atoms with Crippen LogP contribution in [0.5, 0.6) is 0 Å². The zero-order chi connectivity index (χ0) is 15.7. The lowest BCUT2D eigenvalue weighted by Gasteiger charge is -1.97. The van der Waals surface area contributed by atoms with Gasteiger partial charge in [-0.1, -0.05) is 23.3 Å². The second-order valence-corrected chi connectivity index (χ2v) is 6.84. The van der Waals surface area contributed by atoms with E-state index in [0.29, 0.717) is 0 Å². The van der Waals surface area contributed by atoms with E-state index in [1.807, 2.05) is 0 Å². The van der Waals surface area contributed by atoms with Gasteiger partial charge in [-0.25, -0.2) is 0 Å². The van der Waals surface area contributed by atoms with E-state index < -0.39 is 0 Å². The minimum absolute atomic E-state index is 0.954. The van der Waals surface area contributed by atoms with Gasteiger partial charge in [0, 0.05) is 21.5 Å². The molecule has 0 saturated heterocycles. The zero-order valence-electron chi connectivity index (χ0n) is 13.1. The molecule has 0 aliphatic carbocycles. The van der Waals surface area contributed by atoms with Gasteiger partial charge in [-0.15, -0.1) is 0 Å². The van der Waals surface area contributed by atoms with Gasteiger partial charge in [-0.05, 0) is 59.6 Å². The van der Waals surface area contributed by atoms with Gasteiger partial charge < -0.3 is 8.75 Å². The van der Waals surface area contributed by atoms with Gasteiger partial charge in [0.15, 0.2) is 0 Å². The molecule has 1 unspecified atom stereocenters. The average Bonchev–Trinajstić information content (AvgIpc) is 3.03. The first kappa shape index (κ1) is 13.2. The van der Waals surface area contributed by atoms with Crippen LogP contribution in [0.25, 0.3) is 43.7 Å². The van der Waals surface area contributed by atoms with E-state index in [1.165, 1.54) is 43.7 Å². The molecule has 2 heterocycles. The third-order valence-electron chi connectivity index (χ3n) is 4.71. The van der Waals surface area contributed by atoms with Gasteiger partial charge >= 0.3 is 0 Å². The Morgan fingerprint density at radius 1 is 0.739 bits per heavy atom. The van der Waals surface area contributed by atoms with Crippen molar-refractivity contribution in [3.63, 3.8) is 0 Å². The summed E-state index contributed by atoms with van der Waals surface area (Å²) in [7, 11) is 2.84. The Balaban J connectivity index is 2.16. The normalized spacial score (nSPS) is 12.1. The highest BCUT2D eigenvalue weighted by Gasteiger charge is 2.16. The number of fused-ring (bicyclic) bond motifs is 7. The number of aromatic nitrogens is 1. The summed E-state index contributed by atoms with van der Waals surface area (Å²) in [6.45, 7) is 4.27. The van der Waals surface area contributed by atoms with Crippen molar-refractivity contribution in [3.05, 3.63) is 59.7 Å². The first-order valence-corrected chi connectivity index (χ1v) is 8.27. The molecule has 0 aliphatic heterocycles. The van der Waals surface area contributed by atoms with E-state index in [1.54, 1.807) is 0 Å². The van der Waals surface area contributed by atoms with Crippen LogP contribution in [0.3, 0.4) is 0 Å². The molecule has 5 rings (SSSR count). The maximum Gasteiger partial charge on any atom is 0.136 e. The molecule has 1 atom stereocenters. The lowest BCUT2D eigenvalue weighted by atomic mass is 10.0. The van der Waals surface area contributed by atoms with Crippen LogP contribution in [-0.2, 0) is 0 Å². The standard InChI is InChI=1S/C20H16NOP/c1-11-3-5-15-13(9-11)19-16(21(15)23)6-8-18-20(19)14-10-12(2)4-7-17(14)22-18/h3-10H,23H2,1-2H3. The summed E-state index contributed by atoms with van der Waals surface area (Å²) in [5.74, 6) is 0. The number of hydrogen-bond donors (Lipinski definition) is 0. The first-order valence-electron chi connectivity index (χ1n) is 7.75. The Bertz CT molecular complexity index is 1240. The second-order valence-electron chi connectivity index (χ2n) is 6.33. The third-order valence-corrected chi connectivity index (χ3v) is 5.27. The molecule has 23 heavy (non-hydrogen) atoms. The molecule has 2 nitrogen and oxygen atoms in total. The summed E-state index contributed by atoms with van der Waals surface area (Å²) in [5.41, 5.74) is 6.88. The van der Waals surface area contributed by atoms with Gasteiger partial charge in [0.25, 0.3) is 0 Å². The van der Waals surface area contributed by atoms with Crippen molar-refractivity contribution in [3.8, 4) is 0 Å². The molecule has 0 bridgehead atoms. The molecular formula is C20H16NOP. The van der Waals surface area contributed by atoms with E-state index in [2.05, 4.69) is 76.1 Å². The second kappa shape index (κ2) is 4.37. The Labute approximate surface area is 135 Å². The van der Waals surface area contributed by atoms with Crippen LogP contribution in [-0.4, -0.2) is 4.34 Å². The Morgan fingerprint density at radius 3 is 2.22 bits per heavy atom. The molecule has 0 saturated carbocycles. The molecule has 5 aromatic rings. The smallest absolute Gasteiger partial charge is 0.136 e. The van der Waals surface area contributed by atoms with Crippen molar-refractivity contribution < 1.29 is 4.42 Å². The summed E-state index contributed by atoms with van der Waals surface area (Å²) in [4.78, 5) is 0. The van der Waals surface area contributed by atoms with E-state index in [4.69, 9.17) is 4.42 Å². The molecule has 0 N–H and O–H groups in total. The van der Waals surface area contributed by atoms with Crippen molar-refractivity contribution in [2.75, 3.05) is 0 Å². The van der Waals surface area contributed by atoms with Crippen molar-refractivity contribution in [1.29, 1.82) is 0 Å². The number of aryl methyl sites for hydroxylation is 2. The number of benzene rings is 3. The first-order chi connectivity index (χ1) is 11.1. The third kappa shape index (κ3) is 1.67. The molecule has 0 spiro atoms. The van der Waals surface area contributed by atoms with E-state index in [-0.39, 0.29) is 0 Å². The van der Waals surface area contributed by atoms with Gasteiger partial charge in [0.1, 0.15) is 11.2 Å². The van der Waals surface area contributed by atoms with Gasteiger partial charge in [-0.2, -0.15) is 0 Å². The summed E-state index contributed by atoms with van der Waals surface area (Å²) in [5, 5.41) is 4.98. The topological polar surface area (TPSA) is 18.1 Å². The minimum Gasteiger partial charge on any atom is -0.456 e. The highest BCUT2D eigenvalue weighted by Crippen LogP contribution is 2.40. The lowest BCUT2D eigenvalue weighted by molar-refractivity contribution is 0.669. The number of hydrogen-bond acceptors (Lipinski definition) is 1. The molecule has 0 amide bonds. The van der Waals surface area contributed by atoms with Crippen molar-refractivity contribution in [2.24, 2.45) is 0 Å². The Morgan fingerprint density at radius 2 is 1.39 bits per heavy atom. The van der Waals surface area contributed by atoms with Crippen LogP contribution in [0.2, 0.25) is 0 Å². The fraction of sp³-hybridized carbons (Fsp3) is 0.100. The molecule has 0 radical (unpaired) electrons. The lowest BCUT2D eigenvalue weighted by Crippen LogP contribution is -1.77.